The van der Waals surface area contributed by atoms with Crippen molar-refractivity contribution >= 4 is 5.91 Å². The highest BCUT2D eigenvalue weighted by atomic mass is 16.5. The lowest BCUT2D eigenvalue weighted by Crippen LogP contribution is -2.32. The molecule has 1 amide bonds. The van der Waals surface area contributed by atoms with Gasteiger partial charge in [0.1, 0.15) is 0 Å². The molecule has 1 aromatic carbocycles. The summed E-state index contributed by atoms with van der Waals surface area (Å²) in [6, 6.07) is 10.1. The molecule has 8 heteroatoms. The number of pyridine rings is 1. The number of aryl methyl sites for hydroxylation is 1. The van der Waals surface area contributed by atoms with Crippen LogP contribution in [0.3, 0.4) is 0 Å². The van der Waals surface area contributed by atoms with Crippen molar-refractivity contribution < 1.29 is 14.3 Å². The number of amides is 1. The highest BCUT2D eigenvalue weighted by molar-refractivity contribution is 5.75. The first-order valence-corrected chi connectivity index (χ1v) is 10.8. The number of methoxy groups -OCH3 is 1. The molecule has 0 unspecified atom stereocenters. The molecular formula is C24H29N5O3. The summed E-state index contributed by atoms with van der Waals surface area (Å²) in [7, 11) is 3.51. The first kappa shape index (κ1) is 21.8. The number of nitrogens with zero attached hydrogens (tertiary/aromatic N) is 4. The van der Waals surface area contributed by atoms with Gasteiger partial charge in [-0.3, -0.25) is 19.4 Å². The first-order valence-electron chi connectivity index (χ1n) is 10.8. The van der Waals surface area contributed by atoms with Crippen molar-refractivity contribution in [2.75, 3.05) is 26.8 Å². The van der Waals surface area contributed by atoms with Crippen LogP contribution < -0.4 is 15.2 Å². The molecule has 0 radical (unpaired) electrons. The third-order valence-electron chi connectivity index (χ3n) is 5.83. The van der Waals surface area contributed by atoms with E-state index in [1.807, 2.05) is 43.8 Å². The fourth-order valence-electron chi connectivity index (χ4n) is 4.11. The molecule has 3 aromatic rings. The van der Waals surface area contributed by atoms with Gasteiger partial charge in [-0.1, -0.05) is 12.1 Å². The van der Waals surface area contributed by atoms with Crippen LogP contribution in [0, 0.1) is 0 Å². The predicted molar refractivity (Wildman–Crippen MR) is 121 cm³/mol. The number of nitrogens with two attached hydrogens (primary N) is 1. The second kappa shape index (κ2) is 9.82. The number of rotatable bonds is 8. The molecule has 0 atom stereocenters. The second-order valence-corrected chi connectivity index (χ2v) is 8.17. The normalized spacial score (nSPS) is 14.9. The summed E-state index contributed by atoms with van der Waals surface area (Å²) in [5, 5.41) is 4.23. The van der Waals surface area contributed by atoms with Crippen molar-refractivity contribution in [3.05, 3.63) is 60.2 Å². The molecule has 3 heterocycles. The smallest absolute Gasteiger partial charge is 0.255 e. The standard InChI is InChI=1S/C24H29N5O3/c1-28-15-20(13-27-28)19-4-5-21(26-12-19)18-7-9-29(10-8-18)14-17-3-6-22(23(11-17)31-2)32-16-24(25)30/h3-6,11-13,15,18H,7-10,14,16H2,1-2H3,(H2,25,30). The molecule has 168 valence electrons. The molecule has 2 N–H and O–H groups in total. The number of carbonyl (C=O) groups excluding carboxylic acids is 1. The topological polar surface area (TPSA) is 95.5 Å². The minimum absolute atomic E-state index is 0.166. The van der Waals surface area contributed by atoms with Gasteiger partial charge in [0.15, 0.2) is 18.1 Å². The summed E-state index contributed by atoms with van der Waals surface area (Å²) in [6.07, 6.45) is 7.97. The quantitative estimate of drug-likeness (QED) is 0.585. The zero-order chi connectivity index (χ0) is 22.5. The third-order valence-corrected chi connectivity index (χ3v) is 5.83. The number of likely N-dealkylation sites (tertiary alicyclic amines) is 1. The summed E-state index contributed by atoms with van der Waals surface area (Å²) >= 11 is 0. The average Bonchev–Trinajstić information content (AvgIpc) is 3.25. The van der Waals surface area contributed by atoms with Gasteiger partial charge >= 0.3 is 0 Å². The van der Waals surface area contributed by atoms with Gasteiger partial charge in [-0.2, -0.15) is 5.10 Å². The Morgan fingerprint density at radius 1 is 1.12 bits per heavy atom. The zero-order valence-electron chi connectivity index (χ0n) is 18.5. The summed E-state index contributed by atoms with van der Waals surface area (Å²) in [5.74, 6) is 1.10. The lowest BCUT2D eigenvalue weighted by molar-refractivity contribution is -0.119. The molecule has 1 aliphatic rings. The van der Waals surface area contributed by atoms with Crippen molar-refractivity contribution in [1.82, 2.24) is 19.7 Å². The SMILES string of the molecule is COc1cc(CN2CCC(c3ccc(-c4cnn(C)c4)cn3)CC2)ccc1OCC(N)=O. The van der Waals surface area contributed by atoms with E-state index in [-0.39, 0.29) is 6.61 Å². The van der Waals surface area contributed by atoms with Crippen molar-refractivity contribution in [2.45, 2.75) is 25.3 Å². The van der Waals surface area contributed by atoms with Crippen LogP contribution in [-0.2, 0) is 18.4 Å². The van der Waals surface area contributed by atoms with E-state index in [1.54, 1.807) is 11.8 Å². The van der Waals surface area contributed by atoms with E-state index < -0.39 is 5.91 Å². The number of hydrogen-bond acceptors (Lipinski definition) is 6. The highest BCUT2D eigenvalue weighted by Gasteiger charge is 2.22. The highest BCUT2D eigenvalue weighted by Crippen LogP contribution is 2.31. The lowest BCUT2D eigenvalue weighted by atomic mass is 9.92. The molecule has 0 aliphatic carbocycles. The van der Waals surface area contributed by atoms with Crippen molar-refractivity contribution in [3.8, 4) is 22.6 Å². The first-order chi connectivity index (χ1) is 15.5. The Kier molecular flexibility index (Phi) is 6.70. The van der Waals surface area contributed by atoms with E-state index in [1.165, 1.54) is 0 Å². The molecule has 8 nitrogen and oxygen atoms in total. The van der Waals surface area contributed by atoms with Gasteiger partial charge in [0.25, 0.3) is 5.91 Å². The van der Waals surface area contributed by atoms with Crippen LogP contribution in [-0.4, -0.2) is 52.4 Å². The fourth-order valence-corrected chi connectivity index (χ4v) is 4.11. The van der Waals surface area contributed by atoms with E-state index in [4.69, 9.17) is 20.2 Å². The van der Waals surface area contributed by atoms with E-state index in [0.29, 0.717) is 17.4 Å². The van der Waals surface area contributed by atoms with Gasteiger partial charge in [-0.25, -0.2) is 0 Å². The minimum Gasteiger partial charge on any atom is -0.493 e. The molecule has 0 bridgehead atoms. The summed E-state index contributed by atoms with van der Waals surface area (Å²) in [4.78, 5) is 18.1. The molecule has 2 aromatic heterocycles. The number of aromatic nitrogens is 3. The molecule has 0 spiro atoms. The van der Waals surface area contributed by atoms with Crippen LogP contribution >= 0.6 is 0 Å². The number of benzene rings is 1. The molecular weight excluding hydrogens is 406 g/mol. The van der Waals surface area contributed by atoms with Gasteiger partial charge in [0, 0.05) is 48.7 Å². The fraction of sp³-hybridized carbons (Fsp3) is 0.375. The van der Waals surface area contributed by atoms with E-state index in [2.05, 4.69) is 22.1 Å². The Hall–Kier alpha value is -3.39. The Bertz CT molecular complexity index is 1060. The van der Waals surface area contributed by atoms with Gasteiger partial charge < -0.3 is 15.2 Å². The van der Waals surface area contributed by atoms with Crippen LogP contribution in [0.2, 0.25) is 0 Å². The molecule has 1 saturated heterocycles. The average molecular weight is 436 g/mol. The van der Waals surface area contributed by atoms with Crippen LogP contribution in [0.25, 0.3) is 11.1 Å². The predicted octanol–water partition coefficient (Wildman–Crippen LogP) is 2.73. The van der Waals surface area contributed by atoms with Crippen LogP contribution in [0.4, 0.5) is 0 Å². The Morgan fingerprint density at radius 2 is 1.94 bits per heavy atom. The largest absolute Gasteiger partial charge is 0.493 e. The van der Waals surface area contributed by atoms with E-state index in [9.17, 15) is 4.79 Å². The number of primary amides is 1. The molecule has 1 aliphatic heterocycles. The van der Waals surface area contributed by atoms with Gasteiger partial charge in [-0.05, 0) is 49.7 Å². The number of piperidine rings is 1. The maximum absolute atomic E-state index is 11.0. The van der Waals surface area contributed by atoms with Crippen LogP contribution in [0.15, 0.2) is 48.9 Å². The zero-order valence-corrected chi connectivity index (χ0v) is 18.5. The third kappa shape index (κ3) is 5.26. The summed E-state index contributed by atoms with van der Waals surface area (Å²) in [5.41, 5.74) is 9.64. The summed E-state index contributed by atoms with van der Waals surface area (Å²) in [6.45, 7) is 2.70. The minimum atomic E-state index is -0.514. The monoisotopic (exact) mass is 435 g/mol. The Balaban J connectivity index is 1.32. The number of ether oxygens (including phenoxy) is 2. The Labute approximate surface area is 188 Å². The maximum Gasteiger partial charge on any atom is 0.255 e. The lowest BCUT2D eigenvalue weighted by Gasteiger charge is -2.31. The maximum atomic E-state index is 11.0. The van der Waals surface area contributed by atoms with Crippen LogP contribution in [0.1, 0.15) is 30.0 Å². The molecule has 1 fully saturated rings. The number of carbonyl (C=O) groups is 1. The van der Waals surface area contributed by atoms with Gasteiger partial charge in [0.2, 0.25) is 0 Å². The van der Waals surface area contributed by atoms with Gasteiger partial charge in [0.05, 0.1) is 13.3 Å². The van der Waals surface area contributed by atoms with Crippen LogP contribution in [0.5, 0.6) is 11.5 Å². The Morgan fingerprint density at radius 3 is 2.56 bits per heavy atom. The van der Waals surface area contributed by atoms with Crippen molar-refractivity contribution in [1.29, 1.82) is 0 Å². The van der Waals surface area contributed by atoms with E-state index in [0.717, 1.165) is 54.9 Å². The number of hydrogen-bond donors (Lipinski definition) is 1. The molecule has 0 saturated carbocycles. The summed E-state index contributed by atoms with van der Waals surface area (Å²) < 4.78 is 12.6. The molecule has 32 heavy (non-hydrogen) atoms. The van der Waals surface area contributed by atoms with Crippen molar-refractivity contribution in [2.24, 2.45) is 12.8 Å². The molecule has 4 rings (SSSR count). The van der Waals surface area contributed by atoms with Crippen molar-refractivity contribution in [3.63, 3.8) is 0 Å². The van der Waals surface area contributed by atoms with Gasteiger partial charge in [-0.15, -0.1) is 0 Å². The second-order valence-electron chi connectivity index (χ2n) is 8.17. The van der Waals surface area contributed by atoms with E-state index >= 15 is 0 Å².